The molecule has 0 radical (unpaired) electrons. The van der Waals surface area contributed by atoms with Crippen LogP contribution in [0.25, 0.3) is 22.4 Å². The van der Waals surface area contributed by atoms with Crippen LogP contribution in [-0.2, 0) is 0 Å². The summed E-state index contributed by atoms with van der Waals surface area (Å²) in [6.07, 6.45) is 0. The van der Waals surface area contributed by atoms with E-state index in [1.165, 1.54) is 0 Å². The molecule has 0 aliphatic rings. The van der Waals surface area contributed by atoms with Crippen molar-refractivity contribution < 1.29 is 0 Å². The number of nitrogens with zero attached hydrogens (tertiary/aromatic N) is 1. The van der Waals surface area contributed by atoms with Crippen molar-refractivity contribution in [2.45, 2.75) is 6.92 Å². The van der Waals surface area contributed by atoms with Crippen LogP contribution in [-0.4, -0.2) is 9.97 Å². The van der Waals surface area contributed by atoms with Crippen molar-refractivity contribution in [2.24, 2.45) is 0 Å². The fourth-order valence-corrected chi connectivity index (χ4v) is 2.39. The van der Waals surface area contributed by atoms with Gasteiger partial charge in [0.2, 0.25) is 0 Å². The molecule has 0 saturated heterocycles. The first-order valence-electron chi connectivity index (χ1n) is 5.76. The quantitative estimate of drug-likeness (QED) is 0.652. The highest BCUT2D eigenvalue weighted by molar-refractivity contribution is 6.39. The lowest BCUT2D eigenvalue weighted by atomic mass is 10.1. The molecule has 19 heavy (non-hydrogen) atoms. The number of hydrogen-bond donors (Lipinski definition) is 2. The Morgan fingerprint density at radius 1 is 1.11 bits per heavy atom. The molecule has 1 heterocycles. The number of nitrogens with two attached hydrogens (primary N) is 1. The predicted molar refractivity (Wildman–Crippen MR) is 80.7 cm³/mol. The Kier molecular flexibility index (Phi) is 2.88. The van der Waals surface area contributed by atoms with E-state index >= 15 is 0 Å². The van der Waals surface area contributed by atoms with Gasteiger partial charge < -0.3 is 10.7 Å². The first-order chi connectivity index (χ1) is 9.06. The van der Waals surface area contributed by atoms with E-state index in [1.54, 1.807) is 12.1 Å². The van der Waals surface area contributed by atoms with Crippen LogP contribution in [0.1, 0.15) is 5.56 Å². The van der Waals surface area contributed by atoms with E-state index in [2.05, 4.69) is 9.97 Å². The number of nitrogens with one attached hydrogen (secondary N) is 1. The maximum atomic E-state index is 6.14. The molecule has 3 aromatic rings. The Labute approximate surface area is 120 Å². The molecule has 0 bridgehead atoms. The zero-order chi connectivity index (χ0) is 13.6. The summed E-state index contributed by atoms with van der Waals surface area (Å²) in [5, 5.41) is 1.18. The van der Waals surface area contributed by atoms with Crippen LogP contribution in [0.3, 0.4) is 0 Å². The summed E-state index contributed by atoms with van der Waals surface area (Å²) in [5.74, 6) is 0.730. The number of aryl methyl sites for hydroxylation is 1. The summed E-state index contributed by atoms with van der Waals surface area (Å²) < 4.78 is 0. The SMILES string of the molecule is Cc1cc(-c2nc3c(Cl)ccc(Cl)c3[nH]2)ccc1N. The molecule has 5 heteroatoms. The van der Waals surface area contributed by atoms with Crippen LogP contribution in [0.4, 0.5) is 5.69 Å². The third-order valence-electron chi connectivity index (χ3n) is 3.09. The first-order valence-corrected chi connectivity index (χ1v) is 6.52. The van der Waals surface area contributed by atoms with Crippen molar-refractivity contribution in [3.8, 4) is 11.4 Å². The minimum Gasteiger partial charge on any atom is -0.399 e. The highest BCUT2D eigenvalue weighted by atomic mass is 35.5. The topological polar surface area (TPSA) is 54.7 Å². The van der Waals surface area contributed by atoms with Crippen molar-refractivity contribution in [2.75, 3.05) is 5.73 Å². The maximum Gasteiger partial charge on any atom is 0.138 e. The van der Waals surface area contributed by atoms with Gasteiger partial charge in [-0.3, -0.25) is 0 Å². The molecule has 0 aliphatic heterocycles. The molecule has 1 aromatic heterocycles. The third kappa shape index (κ3) is 2.05. The minimum atomic E-state index is 0.578. The molecule has 2 aromatic carbocycles. The summed E-state index contributed by atoms with van der Waals surface area (Å²) in [7, 11) is 0. The van der Waals surface area contributed by atoms with Crippen LogP contribution in [0.2, 0.25) is 10.0 Å². The fourth-order valence-electron chi connectivity index (χ4n) is 1.99. The van der Waals surface area contributed by atoms with E-state index < -0.39 is 0 Å². The lowest BCUT2D eigenvalue weighted by Gasteiger charge is -2.02. The van der Waals surface area contributed by atoms with E-state index in [-0.39, 0.29) is 0 Å². The van der Waals surface area contributed by atoms with Crippen molar-refractivity contribution in [3.63, 3.8) is 0 Å². The summed E-state index contributed by atoms with van der Waals surface area (Å²) in [5.41, 5.74) is 9.97. The average molecular weight is 292 g/mol. The first kappa shape index (κ1) is 12.3. The molecule has 96 valence electrons. The zero-order valence-electron chi connectivity index (χ0n) is 10.2. The Hall–Kier alpha value is -1.71. The highest BCUT2D eigenvalue weighted by Crippen LogP contribution is 2.31. The Bertz CT molecular complexity index is 739. The van der Waals surface area contributed by atoms with Gasteiger partial charge in [0.1, 0.15) is 11.3 Å². The average Bonchev–Trinajstić information content (AvgIpc) is 2.83. The van der Waals surface area contributed by atoms with E-state index in [9.17, 15) is 0 Å². The van der Waals surface area contributed by atoms with Crippen molar-refractivity contribution in [1.29, 1.82) is 0 Å². The lowest BCUT2D eigenvalue weighted by molar-refractivity contribution is 1.32. The van der Waals surface area contributed by atoms with E-state index in [0.29, 0.717) is 15.6 Å². The number of fused-ring (bicyclic) bond motifs is 1. The van der Waals surface area contributed by atoms with Gasteiger partial charge in [0.05, 0.1) is 15.6 Å². The normalized spacial score (nSPS) is 11.1. The number of anilines is 1. The number of hydrogen-bond acceptors (Lipinski definition) is 2. The summed E-state index contributed by atoms with van der Waals surface area (Å²) in [6.45, 7) is 1.96. The summed E-state index contributed by atoms with van der Waals surface area (Å²) in [4.78, 5) is 7.70. The van der Waals surface area contributed by atoms with Gasteiger partial charge in [-0.05, 0) is 42.8 Å². The largest absolute Gasteiger partial charge is 0.399 e. The molecule has 0 atom stereocenters. The number of nitrogen functional groups attached to an aromatic ring is 1. The molecule has 0 aliphatic carbocycles. The van der Waals surface area contributed by atoms with Gasteiger partial charge >= 0.3 is 0 Å². The van der Waals surface area contributed by atoms with Crippen LogP contribution < -0.4 is 5.73 Å². The Morgan fingerprint density at radius 3 is 2.53 bits per heavy atom. The van der Waals surface area contributed by atoms with Gasteiger partial charge in [-0.25, -0.2) is 4.98 Å². The number of halogens is 2. The van der Waals surface area contributed by atoms with Gasteiger partial charge in [0.15, 0.2) is 0 Å². The number of imidazole rings is 1. The third-order valence-corrected chi connectivity index (χ3v) is 3.71. The number of benzene rings is 2. The second kappa shape index (κ2) is 4.44. The number of aromatic nitrogens is 2. The van der Waals surface area contributed by atoms with Gasteiger partial charge in [-0.1, -0.05) is 23.2 Å². The minimum absolute atomic E-state index is 0.578. The monoisotopic (exact) mass is 291 g/mol. The number of rotatable bonds is 1. The van der Waals surface area contributed by atoms with Gasteiger partial charge in [0, 0.05) is 11.3 Å². The molecule has 0 spiro atoms. The Balaban J connectivity index is 2.23. The highest BCUT2D eigenvalue weighted by Gasteiger charge is 2.11. The van der Waals surface area contributed by atoms with Crippen LogP contribution in [0, 0.1) is 6.92 Å². The molecular weight excluding hydrogens is 281 g/mol. The van der Waals surface area contributed by atoms with Crippen LogP contribution in [0.5, 0.6) is 0 Å². The van der Waals surface area contributed by atoms with E-state index in [4.69, 9.17) is 28.9 Å². The molecule has 0 fully saturated rings. The van der Waals surface area contributed by atoms with E-state index in [1.807, 2.05) is 25.1 Å². The summed E-state index contributed by atoms with van der Waals surface area (Å²) in [6, 6.07) is 9.26. The Morgan fingerprint density at radius 2 is 1.84 bits per heavy atom. The lowest BCUT2D eigenvalue weighted by Crippen LogP contribution is -1.90. The van der Waals surface area contributed by atoms with Crippen LogP contribution in [0.15, 0.2) is 30.3 Å². The van der Waals surface area contributed by atoms with Crippen molar-refractivity contribution >= 4 is 39.9 Å². The van der Waals surface area contributed by atoms with Crippen molar-refractivity contribution in [1.82, 2.24) is 9.97 Å². The molecule has 0 saturated carbocycles. The molecule has 0 amide bonds. The van der Waals surface area contributed by atoms with Gasteiger partial charge in [-0.2, -0.15) is 0 Å². The van der Waals surface area contributed by atoms with Crippen LogP contribution >= 0.6 is 23.2 Å². The zero-order valence-corrected chi connectivity index (χ0v) is 11.7. The van der Waals surface area contributed by atoms with Gasteiger partial charge in [0.25, 0.3) is 0 Å². The number of aromatic amines is 1. The standard InChI is InChI=1S/C14H11Cl2N3/c1-7-6-8(2-5-11(7)17)14-18-12-9(15)3-4-10(16)13(12)19-14/h2-6H,17H2,1H3,(H,18,19). The smallest absolute Gasteiger partial charge is 0.138 e. The molecular formula is C14H11Cl2N3. The molecule has 3 rings (SSSR count). The second-order valence-electron chi connectivity index (χ2n) is 4.41. The van der Waals surface area contributed by atoms with E-state index in [0.717, 1.165) is 28.2 Å². The number of H-pyrrole nitrogens is 1. The molecule has 3 nitrogen and oxygen atoms in total. The predicted octanol–water partition coefficient (Wildman–Crippen LogP) is 4.43. The second-order valence-corrected chi connectivity index (χ2v) is 5.22. The summed E-state index contributed by atoms with van der Waals surface area (Å²) >= 11 is 12.3. The fraction of sp³-hybridized carbons (Fsp3) is 0.0714. The van der Waals surface area contributed by atoms with Crippen molar-refractivity contribution in [3.05, 3.63) is 45.9 Å². The molecule has 0 unspecified atom stereocenters. The molecule has 3 N–H and O–H groups in total. The van der Waals surface area contributed by atoms with Gasteiger partial charge in [-0.15, -0.1) is 0 Å². The maximum absolute atomic E-state index is 6.14.